The van der Waals surface area contributed by atoms with Crippen LogP contribution in [0.1, 0.15) is 15.9 Å². The van der Waals surface area contributed by atoms with Crippen molar-refractivity contribution in [3.8, 4) is 0 Å². The quantitative estimate of drug-likeness (QED) is 0.680. The molecule has 2 aromatic rings. The number of ketones is 1. The monoisotopic (exact) mass is 263 g/mol. The van der Waals surface area contributed by atoms with E-state index in [1.165, 1.54) is 18.2 Å². The summed E-state index contributed by atoms with van der Waals surface area (Å²) in [6, 6.07) is 10.9. The number of hydrogen-bond acceptors (Lipinski definition) is 2. The first-order valence-corrected chi connectivity index (χ1v) is 5.77. The van der Waals surface area contributed by atoms with Gasteiger partial charge in [-0.15, -0.1) is 0 Å². The summed E-state index contributed by atoms with van der Waals surface area (Å²) < 4.78 is 13.5. The fraction of sp³-hybridized carbons (Fsp3) is 0.0714. The van der Waals surface area contributed by atoms with E-state index in [-0.39, 0.29) is 17.8 Å². The molecule has 0 heterocycles. The van der Waals surface area contributed by atoms with Crippen molar-refractivity contribution in [1.29, 1.82) is 0 Å². The summed E-state index contributed by atoms with van der Waals surface area (Å²) in [5.41, 5.74) is 6.77. The van der Waals surface area contributed by atoms with Gasteiger partial charge in [0.1, 0.15) is 5.82 Å². The molecular weight excluding hydrogens is 253 g/mol. The van der Waals surface area contributed by atoms with Gasteiger partial charge in [0.15, 0.2) is 5.78 Å². The molecular formula is C14H11ClFNO. The number of rotatable bonds is 3. The molecule has 0 saturated carbocycles. The first-order valence-electron chi connectivity index (χ1n) is 5.39. The fourth-order valence-electron chi connectivity index (χ4n) is 1.70. The lowest BCUT2D eigenvalue weighted by Crippen LogP contribution is -2.08. The average Bonchev–Trinajstić information content (AvgIpc) is 2.34. The molecule has 0 aromatic heterocycles. The predicted octanol–water partition coefficient (Wildman–Crippen LogP) is 3.49. The second kappa shape index (κ2) is 5.19. The van der Waals surface area contributed by atoms with Gasteiger partial charge in [-0.1, -0.05) is 23.7 Å². The van der Waals surface area contributed by atoms with Gasteiger partial charge in [0.05, 0.1) is 0 Å². The van der Waals surface area contributed by atoms with Gasteiger partial charge in [0.2, 0.25) is 0 Å². The number of benzene rings is 2. The molecule has 0 aliphatic carbocycles. The van der Waals surface area contributed by atoms with Crippen LogP contribution in [0, 0.1) is 5.82 Å². The molecule has 0 radical (unpaired) electrons. The molecule has 92 valence electrons. The maximum absolute atomic E-state index is 13.5. The topological polar surface area (TPSA) is 43.1 Å². The molecule has 0 amide bonds. The largest absolute Gasteiger partial charge is 0.398 e. The summed E-state index contributed by atoms with van der Waals surface area (Å²) in [6.45, 7) is 0. The number of carbonyl (C=O) groups excluding carboxylic acids is 1. The highest BCUT2D eigenvalue weighted by Crippen LogP contribution is 2.19. The minimum Gasteiger partial charge on any atom is -0.398 e. The molecule has 2 aromatic carbocycles. The van der Waals surface area contributed by atoms with E-state index in [1.807, 2.05) is 0 Å². The van der Waals surface area contributed by atoms with Crippen molar-refractivity contribution < 1.29 is 9.18 Å². The Bertz CT molecular complexity index is 598. The van der Waals surface area contributed by atoms with Gasteiger partial charge < -0.3 is 5.73 Å². The Kier molecular flexibility index (Phi) is 3.63. The van der Waals surface area contributed by atoms with E-state index in [9.17, 15) is 9.18 Å². The zero-order chi connectivity index (χ0) is 13.1. The van der Waals surface area contributed by atoms with Crippen molar-refractivity contribution in [3.05, 3.63) is 64.4 Å². The van der Waals surface area contributed by atoms with E-state index in [1.54, 1.807) is 24.3 Å². The molecule has 18 heavy (non-hydrogen) atoms. The minimum atomic E-state index is -0.442. The van der Waals surface area contributed by atoms with Crippen molar-refractivity contribution in [2.75, 3.05) is 5.73 Å². The number of Topliss-reactive ketones (excluding diaryl/α,β-unsaturated/α-hetero) is 1. The third kappa shape index (κ3) is 2.68. The predicted molar refractivity (Wildman–Crippen MR) is 70.3 cm³/mol. The fourth-order valence-corrected chi connectivity index (χ4v) is 1.89. The molecule has 0 atom stereocenters. The summed E-state index contributed by atoms with van der Waals surface area (Å²) in [4.78, 5) is 12.0. The van der Waals surface area contributed by atoms with Crippen molar-refractivity contribution in [1.82, 2.24) is 0 Å². The van der Waals surface area contributed by atoms with Crippen molar-refractivity contribution in [2.24, 2.45) is 0 Å². The van der Waals surface area contributed by atoms with Crippen LogP contribution in [0.4, 0.5) is 10.1 Å². The van der Waals surface area contributed by atoms with Crippen LogP contribution in [-0.4, -0.2) is 5.78 Å². The zero-order valence-electron chi connectivity index (χ0n) is 9.49. The number of hydrogen-bond donors (Lipinski definition) is 1. The van der Waals surface area contributed by atoms with E-state index in [4.69, 9.17) is 17.3 Å². The average molecular weight is 264 g/mol. The SMILES string of the molecule is Nc1ccccc1C(=O)Cc1cc(Cl)ccc1F. The van der Waals surface area contributed by atoms with Gasteiger partial charge >= 0.3 is 0 Å². The van der Waals surface area contributed by atoms with Crippen LogP contribution in [0.5, 0.6) is 0 Å². The molecule has 0 saturated heterocycles. The summed E-state index contributed by atoms with van der Waals surface area (Å²) in [7, 11) is 0. The third-order valence-corrected chi connectivity index (χ3v) is 2.86. The Labute approximate surface area is 109 Å². The number of nitrogens with two attached hydrogens (primary N) is 1. The van der Waals surface area contributed by atoms with Gasteiger partial charge in [-0.25, -0.2) is 4.39 Å². The van der Waals surface area contributed by atoms with Crippen molar-refractivity contribution in [2.45, 2.75) is 6.42 Å². The normalized spacial score (nSPS) is 10.3. The number of carbonyl (C=O) groups is 1. The highest BCUT2D eigenvalue weighted by Gasteiger charge is 2.13. The standard InChI is InChI=1S/C14H11ClFNO/c15-10-5-6-12(16)9(7-10)8-14(18)11-3-1-2-4-13(11)17/h1-7H,8,17H2. The van der Waals surface area contributed by atoms with Gasteiger partial charge in [-0.05, 0) is 35.9 Å². The second-order valence-electron chi connectivity index (χ2n) is 3.92. The molecule has 0 spiro atoms. The number of para-hydroxylation sites is 1. The summed E-state index contributed by atoms with van der Waals surface area (Å²) in [5, 5.41) is 0.403. The Hall–Kier alpha value is -1.87. The zero-order valence-corrected chi connectivity index (χ0v) is 10.2. The number of halogens is 2. The summed E-state index contributed by atoms with van der Waals surface area (Å²) in [6.07, 6.45) is -0.0550. The smallest absolute Gasteiger partial charge is 0.169 e. The Morgan fingerprint density at radius 1 is 1.22 bits per heavy atom. The Balaban J connectivity index is 2.27. The summed E-state index contributed by atoms with van der Waals surface area (Å²) in [5.74, 6) is -0.670. The van der Waals surface area contributed by atoms with Crippen LogP contribution in [0.3, 0.4) is 0 Å². The van der Waals surface area contributed by atoms with Crippen LogP contribution in [0.2, 0.25) is 5.02 Å². The van der Waals surface area contributed by atoms with E-state index in [0.29, 0.717) is 16.3 Å². The first kappa shape index (κ1) is 12.6. The molecule has 2 N–H and O–H groups in total. The van der Waals surface area contributed by atoms with Crippen molar-refractivity contribution >= 4 is 23.1 Å². The lowest BCUT2D eigenvalue weighted by molar-refractivity contribution is 0.0992. The molecule has 2 rings (SSSR count). The van der Waals surface area contributed by atoms with E-state index >= 15 is 0 Å². The van der Waals surface area contributed by atoms with Crippen LogP contribution < -0.4 is 5.73 Å². The van der Waals surface area contributed by atoms with Crippen molar-refractivity contribution in [3.63, 3.8) is 0 Å². The third-order valence-electron chi connectivity index (χ3n) is 2.62. The lowest BCUT2D eigenvalue weighted by atomic mass is 10.0. The van der Waals surface area contributed by atoms with E-state index in [0.717, 1.165) is 0 Å². The number of nitrogen functional groups attached to an aromatic ring is 1. The van der Waals surface area contributed by atoms with Crippen LogP contribution in [0.15, 0.2) is 42.5 Å². The molecule has 0 unspecified atom stereocenters. The van der Waals surface area contributed by atoms with Crippen LogP contribution in [0.25, 0.3) is 0 Å². The van der Waals surface area contributed by atoms with E-state index in [2.05, 4.69) is 0 Å². The Morgan fingerprint density at radius 3 is 2.67 bits per heavy atom. The van der Waals surface area contributed by atoms with Crippen LogP contribution in [-0.2, 0) is 6.42 Å². The highest BCUT2D eigenvalue weighted by atomic mass is 35.5. The maximum atomic E-state index is 13.5. The van der Waals surface area contributed by atoms with Gasteiger partial charge in [-0.3, -0.25) is 4.79 Å². The molecule has 0 aliphatic rings. The van der Waals surface area contributed by atoms with Crippen LogP contribution >= 0.6 is 11.6 Å². The molecule has 0 aliphatic heterocycles. The van der Waals surface area contributed by atoms with Gasteiger partial charge in [0.25, 0.3) is 0 Å². The van der Waals surface area contributed by atoms with Gasteiger partial charge in [-0.2, -0.15) is 0 Å². The molecule has 2 nitrogen and oxygen atoms in total. The molecule has 4 heteroatoms. The second-order valence-corrected chi connectivity index (χ2v) is 4.36. The summed E-state index contributed by atoms with van der Waals surface area (Å²) >= 11 is 5.77. The molecule has 0 fully saturated rings. The van der Waals surface area contributed by atoms with E-state index < -0.39 is 5.82 Å². The minimum absolute atomic E-state index is 0.0550. The first-order chi connectivity index (χ1) is 8.58. The Morgan fingerprint density at radius 2 is 1.94 bits per heavy atom. The van der Waals surface area contributed by atoms with Gasteiger partial charge in [0, 0.05) is 22.7 Å². The molecule has 0 bridgehead atoms. The lowest BCUT2D eigenvalue weighted by Gasteiger charge is -2.06. The maximum Gasteiger partial charge on any atom is 0.169 e. The highest BCUT2D eigenvalue weighted by molar-refractivity contribution is 6.30. The number of anilines is 1.